The predicted molar refractivity (Wildman–Crippen MR) is 85.3 cm³/mol. The number of hydrogen-bond donors (Lipinski definition) is 1. The molecule has 0 radical (unpaired) electrons. The molecule has 1 aromatic carbocycles. The molecular weight excluding hydrogens is 302 g/mol. The van der Waals surface area contributed by atoms with Gasteiger partial charge in [0.2, 0.25) is 5.91 Å². The summed E-state index contributed by atoms with van der Waals surface area (Å²) in [4.78, 5) is 13.9. The van der Waals surface area contributed by atoms with Crippen molar-refractivity contribution in [3.63, 3.8) is 0 Å². The van der Waals surface area contributed by atoms with Crippen LogP contribution in [-0.2, 0) is 9.53 Å². The molecule has 0 unspecified atom stereocenters. The Morgan fingerprint density at radius 3 is 2.83 bits per heavy atom. The number of nitrogens with one attached hydrogen (secondary N) is 1. The lowest BCUT2D eigenvalue weighted by Crippen LogP contribution is -2.29. The van der Waals surface area contributed by atoms with Crippen LogP contribution in [0.15, 0.2) is 18.2 Å². The van der Waals surface area contributed by atoms with Crippen LogP contribution in [-0.4, -0.2) is 43.7 Å². The van der Waals surface area contributed by atoms with Crippen molar-refractivity contribution < 1.29 is 18.3 Å². The molecule has 6 heteroatoms. The van der Waals surface area contributed by atoms with E-state index in [1.807, 2.05) is 7.05 Å². The fourth-order valence-corrected chi connectivity index (χ4v) is 2.60. The van der Waals surface area contributed by atoms with Gasteiger partial charge in [0.25, 0.3) is 0 Å². The highest BCUT2D eigenvalue weighted by molar-refractivity contribution is 5.90. The van der Waals surface area contributed by atoms with Crippen LogP contribution >= 0.6 is 0 Å². The number of benzene rings is 1. The summed E-state index contributed by atoms with van der Waals surface area (Å²) in [5.74, 6) is -2.10. The average Bonchev–Trinajstić information content (AvgIpc) is 2.55. The fraction of sp³-hybridized carbons (Fsp3) is 0.588. The van der Waals surface area contributed by atoms with Gasteiger partial charge >= 0.3 is 0 Å². The van der Waals surface area contributed by atoms with Gasteiger partial charge < -0.3 is 15.0 Å². The minimum absolute atomic E-state index is 0.211. The smallest absolute Gasteiger partial charge is 0.225 e. The van der Waals surface area contributed by atoms with Gasteiger partial charge in [0, 0.05) is 37.9 Å². The molecule has 0 aromatic heterocycles. The summed E-state index contributed by atoms with van der Waals surface area (Å²) in [6, 6.07) is 3.33. The molecule has 23 heavy (non-hydrogen) atoms. The van der Waals surface area contributed by atoms with E-state index in [0.717, 1.165) is 44.5 Å². The number of carbonyl (C=O) groups excluding carboxylic acids is 1. The molecular formula is C17H24F2N2O2. The van der Waals surface area contributed by atoms with E-state index in [0.29, 0.717) is 19.1 Å². The number of ether oxygens (including phenoxy) is 1. The molecule has 1 aromatic rings. The number of rotatable bonds is 7. The summed E-state index contributed by atoms with van der Waals surface area (Å²) in [6.45, 7) is 2.34. The van der Waals surface area contributed by atoms with Gasteiger partial charge in [-0.25, -0.2) is 8.78 Å². The van der Waals surface area contributed by atoms with Crippen molar-refractivity contribution in [1.82, 2.24) is 4.90 Å². The summed E-state index contributed by atoms with van der Waals surface area (Å²) >= 11 is 0. The minimum Gasteiger partial charge on any atom is -0.378 e. The summed E-state index contributed by atoms with van der Waals surface area (Å²) in [5.41, 5.74) is 0.271. The van der Waals surface area contributed by atoms with Gasteiger partial charge in [-0.2, -0.15) is 0 Å². The van der Waals surface area contributed by atoms with E-state index >= 15 is 0 Å². The predicted octanol–water partition coefficient (Wildman–Crippen LogP) is 3.18. The van der Waals surface area contributed by atoms with Crippen LogP contribution < -0.4 is 5.32 Å². The third kappa shape index (κ3) is 6.23. The highest BCUT2D eigenvalue weighted by Gasteiger charge is 2.14. The molecule has 1 N–H and O–H groups in total. The van der Waals surface area contributed by atoms with Gasteiger partial charge in [0.1, 0.15) is 0 Å². The highest BCUT2D eigenvalue weighted by atomic mass is 19.2. The van der Waals surface area contributed by atoms with Gasteiger partial charge in [0.15, 0.2) is 11.6 Å². The van der Waals surface area contributed by atoms with E-state index in [2.05, 4.69) is 10.2 Å². The Kier molecular flexibility index (Phi) is 6.92. The van der Waals surface area contributed by atoms with Crippen LogP contribution in [0, 0.1) is 11.6 Å². The molecule has 0 saturated carbocycles. The van der Waals surface area contributed by atoms with Crippen LogP contribution in [0.1, 0.15) is 32.1 Å². The lowest BCUT2D eigenvalue weighted by Gasteiger charge is -2.25. The first-order valence-corrected chi connectivity index (χ1v) is 8.09. The Bertz CT molecular complexity index is 519. The topological polar surface area (TPSA) is 41.6 Å². The third-order valence-electron chi connectivity index (χ3n) is 4.03. The molecule has 1 atom stereocenters. The summed E-state index contributed by atoms with van der Waals surface area (Å²) in [6.07, 6.45) is 5.11. The Balaban J connectivity index is 1.65. The van der Waals surface area contributed by atoms with Crippen molar-refractivity contribution in [2.24, 2.45) is 0 Å². The molecule has 1 aliphatic heterocycles. The normalized spacial score (nSPS) is 18.2. The number of halogens is 2. The van der Waals surface area contributed by atoms with Gasteiger partial charge in [0.05, 0.1) is 6.10 Å². The van der Waals surface area contributed by atoms with Crippen LogP contribution in [0.5, 0.6) is 0 Å². The van der Waals surface area contributed by atoms with Crippen LogP contribution in [0.2, 0.25) is 0 Å². The second-order valence-electron chi connectivity index (χ2n) is 6.01. The Morgan fingerprint density at radius 2 is 2.13 bits per heavy atom. The quantitative estimate of drug-likeness (QED) is 0.837. The van der Waals surface area contributed by atoms with Crippen LogP contribution in [0.4, 0.5) is 14.5 Å². The van der Waals surface area contributed by atoms with E-state index in [9.17, 15) is 13.6 Å². The second kappa shape index (κ2) is 8.93. The molecule has 0 bridgehead atoms. The number of amides is 1. The van der Waals surface area contributed by atoms with Gasteiger partial charge in [-0.15, -0.1) is 0 Å². The SMILES string of the molecule is CN(CCC(=O)Nc1ccc(F)c(F)c1)CC[C@H]1CCCCO1. The standard InChI is InChI=1S/C17H24F2N2O2/c1-21(9-7-14-4-2-3-11-23-14)10-8-17(22)20-13-5-6-15(18)16(19)12-13/h5-6,12,14H,2-4,7-11H2,1H3,(H,20,22)/t14-/m1/s1. The maximum atomic E-state index is 13.1. The zero-order valence-electron chi connectivity index (χ0n) is 13.5. The van der Waals surface area contributed by atoms with Crippen molar-refractivity contribution in [2.45, 2.75) is 38.2 Å². The zero-order valence-corrected chi connectivity index (χ0v) is 13.5. The van der Waals surface area contributed by atoms with E-state index < -0.39 is 11.6 Å². The monoisotopic (exact) mass is 326 g/mol. The largest absolute Gasteiger partial charge is 0.378 e. The second-order valence-corrected chi connectivity index (χ2v) is 6.01. The number of anilines is 1. The fourth-order valence-electron chi connectivity index (χ4n) is 2.60. The molecule has 0 spiro atoms. The van der Waals surface area contributed by atoms with Gasteiger partial charge in [-0.3, -0.25) is 4.79 Å². The Hall–Kier alpha value is -1.53. The molecule has 1 saturated heterocycles. The van der Waals surface area contributed by atoms with E-state index in [4.69, 9.17) is 4.74 Å². The molecule has 4 nitrogen and oxygen atoms in total. The molecule has 0 aliphatic carbocycles. The first-order chi connectivity index (χ1) is 11.0. The summed E-state index contributed by atoms with van der Waals surface area (Å²) < 4.78 is 31.6. The maximum absolute atomic E-state index is 13.1. The lowest BCUT2D eigenvalue weighted by molar-refractivity contribution is -0.116. The summed E-state index contributed by atoms with van der Waals surface area (Å²) in [7, 11) is 1.97. The number of carbonyl (C=O) groups is 1. The molecule has 1 aliphatic rings. The molecule has 1 amide bonds. The molecule has 1 heterocycles. The minimum atomic E-state index is -0.965. The molecule has 128 valence electrons. The first-order valence-electron chi connectivity index (χ1n) is 8.09. The van der Waals surface area contributed by atoms with Gasteiger partial charge in [-0.05, 0) is 44.9 Å². The third-order valence-corrected chi connectivity index (χ3v) is 4.03. The van der Waals surface area contributed by atoms with E-state index in [1.54, 1.807) is 0 Å². The highest BCUT2D eigenvalue weighted by Crippen LogP contribution is 2.16. The first kappa shape index (κ1) is 17.8. The maximum Gasteiger partial charge on any atom is 0.225 e. The van der Waals surface area contributed by atoms with Gasteiger partial charge in [-0.1, -0.05) is 0 Å². The molecule has 1 fully saturated rings. The molecule has 2 rings (SSSR count). The summed E-state index contributed by atoms with van der Waals surface area (Å²) in [5, 5.41) is 2.57. The number of nitrogens with zero attached hydrogens (tertiary/aromatic N) is 1. The van der Waals surface area contributed by atoms with Crippen LogP contribution in [0.3, 0.4) is 0 Å². The van der Waals surface area contributed by atoms with E-state index in [1.165, 1.54) is 12.5 Å². The van der Waals surface area contributed by atoms with Crippen molar-refractivity contribution in [3.05, 3.63) is 29.8 Å². The average molecular weight is 326 g/mol. The van der Waals surface area contributed by atoms with E-state index in [-0.39, 0.29) is 11.6 Å². The Labute approximate surface area is 135 Å². The van der Waals surface area contributed by atoms with Crippen LogP contribution in [0.25, 0.3) is 0 Å². The van der Waals surface area contributed by atoms with Crippen molar-refractivity contribution in [3.8, 4) is 0 Å². The number of hydrogen-bond acceptors (Lipinski definition) is 3. The van der Waals surface area contributed by atoms with Crippen molar-refractivity contribution in [1.29, 1.82) is 0 Å². The van der Waals surface area contributed by atoms with Crippen molar-refractivity contribution in [2.75, 3.05) is 32.1 Å². The zero-order chi connectivity index (χ0) is 16.7. The van der Waals surface area contributed by atoms with Crippen molar-refractivity contribution >= 4 is 11.6 Å². The lowest BCUT2D eigenvalue weighted by atomic mass is 10.1. The Morgan fingerprint density at radius 1 is 1.30 bits per heavy atom.